The van der Waals surface area contributed by atoms with Crippen LogP contribution in [-0.2, 0) is 40.7 Å². The fourth-order valence-corrected chi connectivity index (χ4v) is 8.87. The molecule has 4 aliphatic rings. The van der Waals surface area contributed by atoms with Gasteiger partial charge < -0.3 is 39.0 Å². The summed E-state index contributed by atoms with van der Waals surface area (Å²) >= 11 is 2.74. The van der Waals surface area contributed by atoms with E-state index in [1.54, 1.807) is 60.0 Å². The molecule has 1 spiro atoms. The number of esters is 2. The summed E-state index contributed by atoms with van der Waals surface area (Å²) in [4.78, 5) is 66.2. The van der Waals surface area contributed by atoms with Gasteiger partial charge in [-0.05, 0) is 47.2 Å². The number of nitrogens with one attached hydrogen (secondary N) is 1. The van der Waals surface area contributed by atoms with Gasteiger partial charge in [-0.25, -0.2) is 14.4 Å². The molecule has 0 bridgehead atoms. The van der Waals surface area contributed by atoms with Crippen molar-refractivity contribution in [2.24, 2.45) is 0 Å². The van der Waals surface area contributed by atoms with E-state index in [2.05, 4.69) is 11.9 Å². The van der Waals surface area contributed by atoms with E-state index in [0.717, 1.165) is 4.88 Å². The van der Waals surface area contributed by atoms with Gasteiger partial charge in [0.1, 0.15) is 47.6 Å². The van der Waals surface area contributed by atoms with Crippen molar-refractivity contribution in [3.05, 3.63) is 129 Å². The third-order valence-electron chi connectivity index (χ3n) is 9.29. The first kappa shape index (κ1) is 35.0. The molecule has 1 saturated heterocycles. The highest BCUT2D eigenvalue weighted by Crippen LogP contribution is 2.57. The summed E-state index contributed by atoms with van der Waals surface area (Å²) in [7, 11) is 0. The number of benzene rings is 3. The van der Waals surface area contributed by atoms with E-state index in [-0.39, 0.29) is 37.0 Å². The summed E-state index contributed by atoms with van der Waals surface area (Å²) in [6, 6.07) is 18.7. The molecule has 5 heterocycles. The van der Waals surface area contributed by atoms with E-state index in [1.807, 2.05) is 17.5 Å². The Morgan fingerprint density at radius 3 is 2.41 bits per heavy atom. The molecule has 1 aromatic heterocycles. The molecule has 3 aromatic carbocycles. The lowest BCUT2D eigenvalue weighted by molar-refractivity contribution is -0.162. The van der Waals surface area contributed by atoms with Crippen molar-refractivity contribution in [2.75, 3.05) is 19.8 Å². The Morgan fingerprint density at radius 1 is 0.963 bits per heavy atom. The molecule has 0 radical (unpaired) electrons. The minimum Gasteiger partial charge on any atom is -0.489 e. The maximum atomic E-state index is 13.4. The van der Waals surface area contributed by atoms with Crippen LogP contribution in [0.2, 0.25) is 0 Å². The van der Waals surface area contributed by atoms with Crippen LogP contribution in [0.3, 0.4) is 0 Å². The second kappa shape index (κ2) is 14.1. The normalized spacial score (nSPS) is 21.5. The topological polar surface area (TPSA) is 167 Å². The number of fused-ring (bicyclic) bond motifs is 7. The molecule has 274 valence electrons. The van der Waals surface area contributed by atoms with Crippen molar-refractivity contribution in [1.29, 1.82) is 0 Å². The number of thiophene rings is 1. The summed E-state index contributed by atoms with van der Waals surface area (Å²) in [5.41, 5.74) is 1.12. The lowest BCUT2D eigenvalue weighted by Crippen LogP contribution is -2.74. The van der Waals surface area contributed by atoms with Gasteiger partial charge in [0.2, 0.25) is 11.8 Å². The minimum absolute atomic E-state index is 0.0631. The van der Waals surface area contributed by atoms with Crippen LogP contribution >= 0.6 is 23.1 Å². The van der Waals surface area contributed by atoms with Gasteiger partial charge >= 0.3 is 17.9 Å². The number of carboxylic acids is 1. The SMILES string of the molecule is C=CCOC(=O)C1C(COc2ccc3c(c2)Oc2cc(OCC(=O)O)ccc2C32OC(=O)c3ccccc32)=CSC2C(NC(=O)Cc3cccs3)C(=O)N12. The number of ether oxygens (including phenoxy) is 5. The second-order valence-electron chi connectivity index (χ2n) is 12.6. The molecule has 4 aromatic rings. The van der Waals surface area contributed by atoms with Crippen LogP contribution in [-0.4, -0.2) is 77.0 Å². The number of rotatable bonds is 12. The number of nitrogens with zero attached hydrogens (tertiary/aromatic N) is 1. The van der Waals surface area contributed by atoms with E-state index in [4.69, 9.17) is 28.8 Å². The third kappa shape index (κ3) is 6.04. The van der Waals surface area contributed by atoms with Gasteiger partial charge in [-0.1, -0.05) is 36.9 Å². The number of hydrogen-bond acceptors (Lipinski definition) is 12. The predicted molar refractivity (Wildman–Crippen MR) is 195 cm³/mol. The van der Waals surface area contributed by atoms with Crippen molar-refractivity contribution < 1.29 is 52.8 Å². The van der Waals surface area contributed by atoms with Gasteiger partial charge in [0.05, 0.1) is 12.0 Å². The monoisotopic (exact) mass is 766 g/mol. The fourth-order valence-electron chi connectivity index (χ4n) is 6.96. The van der Waals surface area contributed by atoms with Crippen molar-refractivity contribution in [3.8, 4) is 23.0 Å². The highest BCUT2D eigenvalue weighted by molar-refractivity contribution is 8.03. The van der Waals surface area contributed by atoms with Crippen LogP contribution in [0, 0.1) is 0 Å². The van der Waals surface area contributed by atoms with Crippen LogP contribution in [0.4, 0.5) is 0 Å². The number of amides is 2. The predicted octanol–water partition coefficient (Wildman–Crippen LogP) is 4.78. The quantitative estimate of drug-likeness (QED) is 0.115. The fraction of sp³-hybridized carbons (Fsp3) is 0.205. The van der Waals surface area contributed by atoms with Crippen LogP contribution in [0.1, 0.15) is 31.9 Å². The molecule has 4 atom stereocenters. The Labute approximate surface area is 316 Å². The lowest BCUT2D eigenvalue weighted by Gasteiger charge is -2.51. The van der Waals surface area contributed by atoms with Gasteiger partial charge in [-0.3, -0.25) is 9.59 Å². The highest BCUT2D eigenvalue weighted by atomic mass is 32.2. The molecule has 0 saturated carbocycles. The van der Waals surface area contributed by atoms with E-state index in [0.29, 0.717) is 39.3 Å². The molecule has 2 N–H and O–H groups in total. The first-order valence-corrected chi connectivity index (χ1v) is 18.5. The van der Waals surface area contributed by atoms with Crippen LogP contribution < -0.4 is 19.5 Å². The third-order valence-corrected chi connectivity index (χ3v) is 11.4. The van der Waals surface area contributed by atoms with Gasteiger partial charge in [0.15, 0.2) is 18.2 Å². The Bertz CT molecular complexity index is 2250. The van der Waals surface area contributed by atoms with Crippen LogP contribution in [0.15, 0.2) is 102 Å². The zero-order valence-corrected chi connectivity index (χ0v) is 29.9. The zero-order chi connectivity index (χ0) is 37.6. The molecule has 4 aliphatic heterocycles. The van der Waals surface area contributed by atoms with Crippen molar-refractivity contribution in [3.63, 3.8) is 0 Å². The summed E-state index contributed by atoms with van der Waals surface area (Å²) < 4.78 is 29.5. The lowest BCUT2D eigenvalue weighted by atomic mass is 9.77. The Hall–Kier alpha value is -6.06. The minimum atomic E-state index is -1.38. The largest absolute Gasteiger partial charge is 0.489 e. The molecule has 4 unspecified atom stereocenters. The molecular weight excluding hydrogens is 737 g/mol. The molecule has 0 aliphatic carbocycles. The zero-order valence-electron chi connectivity index (χ0n) is 28.2. The van der Waals surface area contributed by atoms with Gasteiger partial charge in [-0.15, -0.1) is 23.1 Å². The average Bonchev–Trinajstić information content (AvgIpc) is 3.79. The molecule has 1 fully saturated rings. The molecule has 2 amide bonds. The maximum Gasteiger partial charge on any atom is 0.341 e. The van der Waals surface area contributed by atoms with Gasteiger partial charge in [0.25, 0.3) is 0 Å². The maximum absolute atomic E-state index is 13.4. The number of thioether (sulfide) groups is 1. The van der Waals surface area contributed by atoms with Crippen molar-refractivity contribution in [1.82, 2.24) is 10.2 Å². The smallest absolute Gasteiger partial charge is 0.341 e. The summed E-state index contributed by atoms with van der Waals surface area (Å²) in [6.07, 6.45) is 1.57. The number of carboxylic acid groups (broad SMARTS) is 1. The van der Waals surface area contributed by atoms with Gasteiger partial charge in [0, 0.05) is 39.3 Å². The van der Waals surface area contributed by atoms with Gasteiger partial charge in [-0.2, -0.15) is 0 Å². The number of carbonyl (C=O) groups is 5. The summed E-state index contributed by atoms with van der Waals surface area (Å²) in [6.45, 7) is 2.86. The average molecular weight is 767 g/mol. The number of hydrogen-bond donors (Lipinski definition) is 2. The molecular formula is C39H30N2O11S2. The number of carbonyl (C=O) groups excluding carboxylic acids is 4. The van der Waals surface area contributed by atoms with E-state index >= 15 is 0 Å². The van der Waals surface area contributed by atoms with E-state index in [1.165, 1.54) is 40.1 Å². The highest BCUT2D eigenvalue weighted by Gasteiger charge is 2.57. The Morgan fingerprint density at radius 2 is 1.70 bits per heavy atom. The first-order chi connectivity index (χ1) is 26.2. The Balaban J connectivity index is 1.06. The van der Waals surface area contributed by atoms with Crippen LogP contribution in [0.25, 0.3) is 0 Å². The van der Waals surface area contributed by atoms with E-state index in [9.17, 15) is 24.0 Å². The molecule has 15 heteroatoms. The Kier molecular flexibility index (Phi) is 9.11. The van der Waals surface area contributed by atoms with Crippen molar-refractivity contribution >= 4 is 52.8 Å². The first-order valence-electron chi connectivity index (χ1n) is 16.7. The summed E-state index contributed by atoms with van der Waals surface area (Å²) in [5.74, 6) is -1.89. The molecule has 13 nitrogen and oxygen atoms in total. The summed E-state index contributed by atoms with van der Waals surface area (Å²) in [5, 5.41) is 15.0. The van der Waals surface area contributed by atoms with Crippen molar-refractivity contribution in [2.45, 2.75) is 29.5 Å². The molecule has 54 heavy (non-hydrogen) atoms. The number of aliphatic carboxylic acids is 1. The van der Waals surface area contributed by atoms with Crippen LogP contribution in [0.5, 0.6) is 23.0 Å². The molecule has 8 rings (SSSR count). The standard InChI is InChI=1S/C39H30N2O11S2/c1-2-13-48-38(47)34-21(20-54-36-33(35(45)41(34)36)40-31(42)17-24-6-5-14-53-24)18-49-22-9-11-27-29(15-22)51-30-16-23(50-19-32(43)44)10-12-28(30)39(27)26-8-4-3-7-25(26)37(46)52-39/h2-12,14-16,20,33-34,36H,1,13,17-19H2,(H,40,42)(H,43,44). The number of β-lactam (4-membered cyclic amide) rings is 1. The second-order valence-corrected chi connectivity index (χ2v) is 14.6. The van der Waals surface area contributed by atoms with E-state index < -0.39 is 53.5 Å².